The molecule has 0 aromatic heterocycles. The van der Waals surface area contributed by atoms with E-state index in [-0.39, 0.29) is 5.41 Å². The van der Waals surface area contributed by atoms with E-state index < -0.39 is 0 Å². The van der Waals surface area contributed by atoms with Gasteiger partial charge in [-0.3, -0.25) is 0 Å². The van der Waals surface area contributed by atoms with Gasteiger partial charge in [-0.1, -0.05) is 57.2 Å². The number of hydrogen-bond donors (Lipinski definition) is 0. The number of benzene rings is 2. The summed E-state index contributed by atoms with van der Waals surface area (Å²) in [5, 5.41) is 2.60. The van der Waals surface area contributed by atoms with Crippen LogP contribution in [-0.4, -0.2) is 0 Å². The van der Waals surface area contributed by atoms with E-state index in [9.17, 15) is 0 Å². The van der Waals surface area contributed by atoms with Crippen LogP contribution in [0.1, 0.15) is 31.9 Å². The highest BCUT2D eigenvalue weighted by atomic mass is 14.2. The number of hydrogen-bond acceptors (Lipinski definition) is 0. The summed E-state index contributed by atoms with van der Waals surface area (Å²) in [5.41, 5.74) is 2.69. The highest BCUT2D eigenvalue weighted by Crippen LogP contribution is 2.31. The summed E-state index contributed by atoms with van der Waals surface area (Å²) in [4.78, 5) is 0. The van der Waals surface area contributed by atoms with Crippen molar-refractivity contribution in [1.29, 1.82) is 0 Å². The maximum absolute atomic E-state index is 4.07. The van der Waals surface area contributed by atoms with E-state index in [1.165, 1.54) is 16.3 Å². The van der Waals surface area contributed by atoms with E-state index in [1.54, 1.807) is 0 Å². The SMILES string of the molecule is [CH2]c1ccc(C(C)(C)C)c2ccccc12. The van der Waals surface area contributed by atoms with Gasteiger partial charge in [0.1, 0.15) is 0 Å². The largest absolute Gasteiger partial charge is 0.0616 e. The molecule has 0 unspecified atom stereocenters. The third kappa shape index (κ3) is 1.77. The molecule has 0 heteroatoms. The fraction of sp³-hybridized carbons (Fsp3) is 0.267. The lowest BCUT2D eigenvalue weighted by Crippen LogP contribution is -2.11. The highest BCUT2D eigenvalue weighted by Gasteiger charge is 2.16. The van der Waals surface area contributed by atoms with Gasteiger partial charge in [0.05, 0.1) is 0 Å². The van der Waals surface area contributed by atoms with E-state index in [2.05, 4.69) is 64.1 Å². The molecular weight excluding hydrogens is 180 g/mol. The van der Waals surface area contributed by atoms with E-state index in [1.807, 2.05) is 0 Å². The maximum atomic E-state index is 4.07. The van der Waals surface area contributed by atoms with Crippen molar-refractivity contribution in [2.24, 2.45) is 0 Å². The van der Waals surface area contributed by atoms with Crippen molar-refractivity contribution in [2.75, 3.05) is 0 Å². The zero-order valence-electron chi connectivity index (χ0n) is 9.67. The minimum Gasteiger partial charge on any atom is -0.0616 e. The van der Waals surface area contributed by atoms with Gasteiger partial charge in [0.15, 0.2) is 0 Å². The lowest BCUT2D eigenvalue weighted by atomic mass is 9.83. The van der Waals surface area contributed by atoms with Crippen molar-refractivity contribution in [2.45, 2.75) is 26.2 Å². The Morgan fingerprint density at radius 1 is 0.867 bits per heavy atom. The Bertz CT molecular complexity index is 487. The van der Waals surface area contributed by atoms with Crippen molar-refractivity contribution >= 4 is 10.8 Å². The van der Waals surface area contributed by atoms with Crippen LogP contribution >= 0.6 is 0 Å². The average molecular weight is 197 g/mol. The minimum atomic E-state index is 0.188. The number of rotatable bonds is 0. The average Bonchev–Trinajstić information content (AvgIpc) is 2.17. The summed E-state index contributed by atoms with van der Waals surface area (Å²) in [6.07, 6.45) is 0. The smallest absolute Gasteiger partial charge is 0.0126 e. The molecule has 0 N–H and O–H groups in total. The first kappa shape index (κ1) is 10.2. The van der Waals surface area contributed by atoms with Crippen molar-refractivity contribution in [1.82, 2.24) is 0 Å². The van der Waals surface area contributed by atoms with Crippen molar-refractivity contribution < 1.29 is 0 Å². The molecule has 0 aliphatic carbocycles. The summed E-state index contributed by atoms with van der Waals surface area (Å²) in [6, 6.07) is 12.8. The van der Waals surface area contributed by atoms with Gasteiger partial charge >= 0.3 is 0 Å². The Balaban J connectivity index is 2.84. The fourth-order valence-corrected chi connectivity index (χ4v) is 2.02. The van der Waals surface area contributed by atoms with Gasteiger partial charge < -0.3 is 0 Å². The normalized spacial score (nSPS) is 12.0. The molecular formula is C15H17. The van der Waals surface area contributed by atoms with Crippen LogP contribution in [0.25, 0.3) is 10.8 Å². The standard InChI is InChI=1S/C15H17/c1-11-9-10-14(15(2,3)4)13-8-6-5-7-12(11)13/h5-10H,1H2,2-4H3. The second-order valence-corrected chi connectivity index (χ2v) is 5.07. The van der Waals surface area contributed by atoms with Crippen molar-refractivity contribution in [3.05, 3.63) is 54.4 Å². The Labute approximate surface area is 91.9 Å². The quantitative estimate of drug-likeness (QED) is 0.590. The molecule has 0 atom stereocenters. The van der Waals surface area contributed by atoms with E-state index in [0.717, 1.165) is 5.56 Å². The Kier molecular flexibility index (Phi) is 2.30. The third-order valence-electron chi connectivity index (χ3n) is 2.82. The molecule has 2 aromatic carbocycles. The molecule has 0 saturated heterocycles. The van der Waals surface area contributed by atoms with Gasteiger partial charge in [0.25, 0.3) is 0 Å². The predicted octanol–water partition coefficient (Wildman–Crippen LogP) is 4.32. The Hall–Kier alpha value is -1.30. The molecule has 0 fully saturated rings. The fourth-order valence-electron chi connectivity index (χ4n) is 2.02. The van der Waals surface area contributed by atoms with Crippen LogP contribution in [0, 0.1) is 6.92 Å². The van der Waals surface area contributed by atoms with Crippen LogP contribution in [0.3, 0.4) is 0 Å². The van der Waals surface area contributed by atoms with E-state index >= 15 is 0 Å². The van der Waals surface area contributed by atoms with Gasteiger partial charge in [0, 0.05) is 0 Å². The monoisotopic (exact) mass is 197 g/mol. The predicted molar refractivity (Wildman–Crippen MR) is 67.1 cm³/mol. The molecule has 77 valence electrons. The molecule has 0 amide bonds. The van der Waals surface area contributed by atoms with E-state index in [0.29, 0.717) is 0 Å². The minimum absolute atomic E-state index is 0.188. The summed E-state index contributed by atoms with van der Waals surface area (Å²) in [6.45, 7) is 10.8. The molecule has 0 saturated carbocycles. The van der Waals surface area contributed by atoms with Gasteiger partial charge in [-0.2, -0.15) is 0 Å². The molecule has 0 heterocycles. The van der Waals surface area contributed by atoms with Crippen LogP contribution in [-0.2, 0) is 5.41 Å². The van der Waals surface area contributed by atoms with Crippen LogP contribution in [0.5, 0.6) is 0 Å². The molecule has 15 heavy (non-hydrogen) atoms. The summed E-state index contributed by atoms with van der Waals surface area (Å²) >= 11 is 0. The summed E-state index contributed by atoms with van der Waals surface area (Å²) in [5.74, 6) is 0. The molecule has 1 radical (unpaired) electrons. The highest BCUT2D eigenvalue weighted by molar-refractivity contribution is 5.89. The molecule has 0 bridgehead atoms. The van der Waals surface area contributed by atoms with Crippen LogP contribution in [0.15, 0.2) is 36.4 Å². The molecule has 0 aliphatic rings. The Morgan fingerprint density at radius 2 is 1.47 bits per heavy atom. The van der Waals surface area contributed by atoms with Crippen LogP contribution < -0.4 is 0 Å². The number of fused-ring (bicyclic) bond motifs is 1. The first-order valence-electron chi connectivity index (χ1n) is 5.34. The first-order chi connectivity index (χ1) is 7.00. The van der Waals surface area contributed by atoms with Gasteiger partial charge in [-0.15, -0.1) is 0 Å². The van der Waals surface area contributed by atoms with Crippen molar-refractivity contribution in [3.8, 4) is 0 Å². The Morgan fingerprint density at radius 3 is 2.07 bits per heavy atom. The lowest BCUT2D eigenvalue weighted by Gasteiger charge is -2.22. The third-order valence-corrected chi connectivity index (χ3v) is 2.82. The molecule has 2 rings (SSSR count). The lowest BCUT2D eigenvalue weighted by molar-refractivity contribution is 0.596. The van der Waals surface area contributed by atoms with Crippen LogP contribution in [0.2, 0.25) is 0 Å². The topological polar surface area (TPSA) is 0 Å². The molecule has 0 spiro atoms. The van der Waals surface area contributed by atoms with Gasteiger partial charge in [-0.25, -0.2) is 0 Å². The first-order valence-corrected chi connectivity index (χ1v) is 5.34. The molecule has 0 nitrogen and oxygen atoms in total. The second-order valence-electron chi connectivity index (χ2n) is 5.07. The summed E-state index contributed by atoms with van der Waals surface area (Å²) < 4.78 is 0. The maximum Gasteiger partial charge on any atom is -0.0126 e. The molecule has 2 aromatic rings. The van der Waals surface area contributed by atoms with Crippen molar-refractivity contribution in [3.63, 3.8) is 0 Å². The second kappa shape index (κ2) is 3.37. The molecule has 0 aliphatic heterocycles. The van der Waals surface area contributed by atoms with E-state index in [4.69, 9.17) is 0 Å². The van der Waals surface area contributed by atoms with Gasteiger partial charge in [0.2, 0.25) is 0 Å². The zero-order valence-corrected chi connectivity index (χ0v) is 9.67. The zero-order chi connectivity index (χ0) is 11.1. The summed E-state index contributed by atoms with van der Waals surface area (Å²) in [7, 11) is 0. The van der Waals surface area contributed by atoms with Gasteiger partial charge in [-0.05, 0) is 34.2 Å². The van der Waals surface area contributed by atoms with Crippen LogP contribution in [0.4, 0.5) is 0 Å².